The second kappa shape index (κ2) is 6.44. The summed E-state index contributed by atoms with van der Waals surface area (Å²) in [4.78, 5) is 1.97. The van der Waals surface area contributed by atoms with Gasteiger partial charge in [-0.3, -0.25) is 0 Å². The molecule has 0 heterocycles. The van der Waals surface area contributed by atoms with Crippen LogP contribution in [-0.4, -0.2) is 10.9 Å². The van der Waals surface area contributed by atoms with E-state index in [9.17, 15) is 0 Å². The maximum atomic E-state index is 4.99. The average Bonchev–Trinajstić information content (AvgIpc) is 2.07. The normalized spacial score (nSPS) is 8.77. The Morgan fingerprint density at radius 1 is 1.38 bits per heavy atom. The zero-order valence-corrected chi connectivity index (χ0v) is 9.85. The molecule has 1 radical (unpaired) electrons. The van der Waals surface area contributed by atoms with Gasteiger partial charge in [0.2, 0.25) is 0 Å². The van der Waals surface area contributed by atoms with Crippen molar-refractivity contribution in [3.8, 4) is 0 Å². The largest absolute Gasteiger partial charge is 0.328 e. The Balaban J connectivity index is 0.00000144. The maximum Gasteiger partial charge on any atom is 0.137 e. The van der Waals surface area contributed by atoms with Crippen LogP contribution < -0.4 is 4.90 Å². The average molecular weight is 261 g/mol. The minimum atomic E-state index is 0. The summed E-state index contributed by atoms with van der Waals surface area (Å²) in [5.41, 5.74) is 1.10. The van der Waals surface area contributed by atoms with E-state index in [-0.39, 0.29) is 17.1 Å². The third-order valence-corrected chi connectivity index (χ3v) is 2.08. The molecule has 0 unspecified atom stereocenters. The van der Waals surface area contributed by atoms with Crippen LogP contribution in [-0.2, 0) is 17.1 Å². The maximum absolute atomic E-state index is 4.99. The van der Waals surface area contributed by atoms with Crippen LogP contribution in [0.1, 0.15) is 6.92 Å². The van der Waals surface area contributed by atoms with Crippen LogP contribution >= 0.6 is 24.8 Å². The Kier molecular flexibility index (Phi) is 6.43. The summed E-state index contributed by atoms with van der Waals surface area (Å²) in [6, 6.07) is 10.0. The first-order chi connectivity index (χ1) is 5.75. The molecule has 0 saturated heterocycles. The van der Waals surface area contributed by atoms with E-state index in [0.29, 0.717) is 4.32 Å². The number of rotatable bonds is 2. The summed E-state index contributed by atoms with van der Waals surface area (Å²) in [7, 11) is 0. The van der Waals surface area contributed by atoms with Crippen molar-refractivity contribution in [2.75, 3.05) is 11.4 Å². The summed E-state index contributed by atoms with van der Waals surface area (Å²) < 4.78 is 0.615. The molecule has 0 saturated carbocycles. The second-order valence-corrected chi connectivity index (χ2v) is 3.48. The van der Waals surface area contributed by atoms with Crippen molar-refractivity contribution in [1.29, 1.82) is 0 Å². The SMILES string of the molecule is CCN(C(=S)S)c1ccccc1.[Cu]. The van der Waals surface area contributed by atoms with Crippen LogP contribution in [0.3, 0.4) is 0 Å². The third-order valence-electron chi connectivity index (χ3n) is 1.61. The molecule has 4 heteroatoms. The minimum absolute atomic E-state index is 0. The van der Waals surface area contributed by atoms with Gasteiger partial charge in [0.15, 0.2) is 0 Å². The van der Waals surface area contributed by atoms with Gasteiger partial charge in [-0.1, -0.05) is 30.4 Å². The smallest absolute Gasteiger partial charge is 0.137 e. The molecule has 0 aliphatic rings. The van der Waals surface area contributed by atoms with Gasteiger partial charge in [0.1, 0.15) is 4.32 Å². The van der Waals surface area contributed by atoms with E-state index >= 15 is 0 Å². The predicted molar refractivity (Wildman–Crippen MR) is 61.0 cm³/mol. The predicted octanol–water partition coefficient (Wildman–Crippen LogP) is 2.73. The number of anilines is 1. The molecular formula is C9H11CuNS2. The van der Waals surface area contributed by atoms with Crippen molar-refractivity contribution in [3.05, 3.63) is 30.3 Å². The Morgan fingerprint density at radius 2 is 1.92 bits per heavy atom. The molecular weight excluding hydrogens is 250 g/mol. The van der Waals surface area contributed by atoms with E-state index in [1.165, 1.54) is 0 Å². The number of thiol groups is 1. The number of nitrogens with zero attached hydrogens (tertiary/aromatic N) is 1. The molecule has 13 heavy (non-hydrogen) atoms. The molecule has 0 aliphatic heterocycles. The number of thiocarbonyl (C=S) groups is 1. The van der Waals surface area contributed by atoms with Gasteiger partial charge in [-0.25, -0.2) is 0 Å². The molecule has 0 fully saturated rings. The van der Waals surface area contributed by atoms with Crippen molar-refractivity contribution >= 4 is 34.9 Å². The monoisotopic (exact) mass is 260 g/mol. The van der Waals surface area contributed by atoms with Crippen molar-refractivity contribution < 1.29 is 17.1 Å². The van der Waals surface area contributed by atoms with Gasteiger partial charge in [-0.15, -0.1) is 12.6 Å². The van der Waals surface area contributed by atoms with Gasteiger partial charge >= 0.3 is 0 Å². The van der Waals surface area contributed by atoms with Crippen LogP contribution in [0.2, 0.25) is 0 Å². The van der Waals surface area contributed by atoms with Crippen molar-refractivity contribution in [3.63, 3.8) is 0 Å². The zero-order chi connectivity index (χ0) is 8.97. The number of hydrogen-bond acceptors (Lipinski definition) is 1. The molecule has 0 amide bonds. The molecule has 0 spiro atoms. The summed E-state index contributed by atoms with van der Waals surface area (Å²) in [5, 5.41) is 0. The summed E-state index contributed by atoms with van der Waals surface area (Å²) in [6.45, 7) is 2.90. The van der Waals surface area contributed by atoms with Crippen molar-refractivity contribution in [2.24, 2.45) is 0 Å². The third kappa shape index (κ3) is 3.69. The van der Waals surface area contributed by atoms with Crippen molar-refractivity contribution in [1.82, 2.24) is 0 Å². The van der Waals surface area contributed by atoms with Gasteiger partial charge in [0.05, 0.1) is 0 Å². The fourth-order valence-electron chi connectivity index (χ4n) is 1.04. The van der Waals surface area contributed by atoms with Crippen LogP contribution in [0.4, 0.5) is 5.69 Å². The fourth-order valence-corrected chi connectivity index (χ4v) is 1.53. The summed E-state index contributed by atoms with van der Waals surface area (Å²) >= 11 is 9.13. The molecule has 1 nitrogen and oxygen atoms in total. The Bertz CT molecular complexity index is 264. The van der Waals surface area contributed by atoms with Crippen LogP contribution in [0.5, 0.6) is 0 Å². The summed E-state index contributed by atoms with van der Waals surface area (Å²) in [5.74, 6) is 0. The van der Waals surface area contributed by atoms with E-state index in [1.54, 1.807) is 0 Å². The van der Waals surface area contributed by atoms with E-state index in [1.807, 2.05) is 35.2 Å². The van der Waals surface area contributed by atoms with Crippen molar-refractivity contribution in [2.45, 2.75) is 6.92 Å². The van der Waals surface area contributed by atoms with E-state index in [4.69, 9.17) is 12.2 Å². The minimum Gasteiger partial charge on any atom is -0.328 e. The molecule has 0 aromatic heterocycles. The van der Waals surface area contributed by atoms with Gasteiger partial charge in [-0.2, -0.15) is 0 Å². The topological polar surface area (TPSA) is 3.24 Å². The van der Waals surface area contributed by atoms with Gasteiger partial charge in [0, 0.05) is 29.3 Å². The first-order valence-corrected chi connectivity index (χ1v) is 4.66. The Hall–Kier alpha value is -0.0205. The first kappa shape index (κ1) is 13.0. The Labute approximate surface area is 100 Å². The number of hydrogen-bond donors (Lipinski definition) is 1. The van der Waals surface area contributed by atoms with Gasteiger partial charge in [-0.05, 0) is 19.1 Å². The molecule has 1 aromatic rings. The standard InChI is InChI=1S/C9H11NS2.Cu/c1-2-10(9(11)12)8-6-4-3-5-7-8;/h3-7H,2H2,1H3,(H,11,12);. The zero-order valence-electron chi connectivity index (χ0n) is 7.20. The van der Waals surface area contributed by atoms with E-state index < -0.39 is 0 Å². The molecule has 1 rings (SSSR count). The molecule has 1 aromatic carbocycles. The molecule has 0 bridgehead atoms. The van der Waals surface area contributed by atoms with Crippen LogP contribution in [0.15, 0.2) is 30.3 Å². The van der Waals surface area contributed by atoms with Crippen LogP contribution in [0, 0.1) is 0 Å². The molecule has 0 N–H and O–H groups in total. The van der Waals surface area contributed by atoms with E-state index in [2.05, 4.69) is 19.6 Å². The van der Waals surface area contributed by atoms with Gasteiger partial charge in [0.25, 0.3) is 0 Å². The number of para-hydroxylation sites is 1. The molecule has 0 aliphatic carbocycles. The van der Waals surface area contributed by atoms with E-state index in [0.717, 1.165) is 12.2 Å². The second-order valence-electron chi connectivity index (χ2n) is 2.36. The first-order valence-electron chi connectivity index (χ1n) is 3.81. The quantitative estimate of drug-likeness (QED) is 0.495. The van der Waals surface area contributed by atoms with Gasteiger partial charge < -0.3 is 4.90 Å². The Morgan fingerprint density at radius 3 is 2.31 bits per heavy atom. The summed E-state index contributed by atoms with van der Waals surface area (Å²) in [6.07, 6.45) is 0. The van der Waals surface area contributed by atoms with Crippen LogP contribution in [0.25, 0.3) is 0 Å². The number of benzene rings is 1. The fraction of sp³-hybridized carbons (Fsp3) is 0.222. The molecule has 75 valence electrons. The molecule has 0 atom stereocenters.